The molecule has 1 saturated heterocycles. The van der Waals surface area contributed by atoms with E-state index in [0.29, 0.717) is 6.04 Å². The van der Waals surface area contributed by atoms with Gasteiger partial charge in [-0.25, -0.2) is 0 Å². The number of hydrogen-bond acceptors (Lipinski definition) is 3. The Morgan fingerprint density at radius 2 is 2.14 bits per heavy atom. The highest BCUT2D eigenvalue weighted by Crippen LogP contribution is 2.24. The van der Waals surface area contributed by atoms with Crippen molar-refractivity contribution in [2.75, 3.05) is 26.2 Å². The van der Waals surface area contributed by atoms with Gasteiger partial charge in [0.05, 0.1) is 6.04 Å². The third-order valence-corrected chi connectivity index (χ3v) is 3.13. The normalized spacial score (nSPS) is 21.0. The number of nitrogens with zero attached hydrogens (tertiary/aromatic N) is 1. The molecule has 0 aliphatic carbocycles. The van der Waals surface area contributed by atoms with E-state index >= 15 is 0 Å². The van der Waals surface area contributed by atoms with Gasteiger partial charge < -0.3 is 9.73 Å². The van der Waals surface area contributed by atoms with E-state index in [9.17, 15) is 0 Å². The van der Waals surface area contributed by atoms with Crippen LogP contribution in [0.15, 0.2) is 21.2 Å². The summed E-state index contributed by atoms with van der Waals surface area (Å²) in [6.45, 7) is 6.54. The predicted molar refractivity (Wildman–Crippen MR) is 59.3 cm³/mol. The zero-order valence-corrected chi connectivity index (χ0v) is 9.88. The van der Waals surface area contributed by atoms with Crippen LogP contribution in [0.5, 0.6) is 0 Å². The molecule has 0 aromatic carbocycles. The van der Waals surface area contributed by atoms with Gasteiger partial charge in [0.1, 0.15) is 5.76 Å². The van der Waals surface area contributed by atoms with E-state index in [0.717, 1.165) is 36.6 Å². The lowest BCUT2D eigenvalue weighted by Gasteiger charge is -2.31. The molecule has 0 bridgehead atoms. The lowest BCUT2D eigenvalue weighted by molar-refractivity contribution is 0.166. The number of rotatable bonds is 2. The van der Waals surface area contributed by atoms with E-state index in [-0.39, 0.29) is 0 Å². The quantitative estimate of drug-likeness (QED) is 0.880. The van der Waals surface area contributed by atoms with Crippen LogP contribution in [0.2, 0.25) is 0 Å². The molecule has 1 atom stereocenters. The highest BCUT2D eigenvalue weighted by atomic mass is 79.9. The molecule has 1 fully saturated rings. The molecule has 1 unspecified atom stereocenters. The summed E-state index contributed by atoms with van der Waals surface area (Å²) in [6, 6.07) is 4.37. The maximum Gasteiger partial charge on any atom is 0.169 e. The third-order valence-electron chi connectivity index (χ3n) is 2.71. The minimum Gasteiger partial charge on any atom is -0.453 e. The molecule has 0 saturated carbocycles. The van der Waals surface area contributed by atoms with Crippen molar-refractivity contribution in [3.63, 3.8) is 0 Å². The Morgan fingerprint density at radius 1 is 1.43 bits per heavy atom. The van der Waals surface area contributed by atoms with E-state index in [1.165, 1.54) is 0 Å². The number of furan rings is 1. The topological polar surface area (TPSA) is 28.4 Å². The fraction of sp³-hybridized carbons (Fsp3) is 0.600. The van der Waals surface area contributed by atoms with Gasteiger partial charge in [-0.3, -0.25) is 4.90 Å². The van der Waals surface area contributed by atoms with E-state index in [1.54, 1.807) is 0 Å². The average molecular weight is 259 g/mol. The summed E-state index contributed by atoms with van der Waals surface area (Å²) in [5, 5.41) is 3.34. The molecule has 4 heteroatoms. The van der Waals surface area contributed by atoms with Crippen LogP contribution in [0, 0.1) is 0 Å². The first-order chi connectivity index (χ1) is 6.77. The Labute approximate surface area is 92.6 Å². The standard InChI is InChI=1S/C10H15BrN2O/c1-8(9-2-3-10(11)14-9)13-6-4-12-5-7-13/h2-3,8,12H,4-7H2,1H3. The van der Waals surface area contributed by atoms with Crippen LogP contribution in [0.4, 0.5) is 0 Å². The summed E-state index contributed by atoms with van der Waals surface area (Å²) in [6.07, 6.45) is 0. The molecule has 14 heavy (non-hydrogen) atoms. The molecule has 1 aliphatic heterocycles. The van der Waals surface area contributed by atoms with Crippen molar-refractivity contribution in [1.82, 2.24) is 10.2 Å². The van der Waals surface area contributed by atoms with Crippen LogP contribution in [0.25, 0.3) is 0 Å². The second kappa shape index (κ2) is 4.47. The Morgan fingerprint density at radius 3 is 2.71 bits per heavy atom. The smallest absolute Gasteiger partial charge is 0.169 e. The van der Waals surface area contributed by atoms with Crippen molar-refractivity contribution < 1.29 is 4.42 Å². The third kappa shape index (κ3) is 2.19. The lowest BCUT2D eigenvalue weighted by Crippen LogP contribution is -2.44. The van der Waals surface area contributed by atoms with Crippen molar-refractivity contribution >= 4 is 15.9 Å². The molecule has 1 N–H and O–H groups in total. The summed E-state index contributed by atoms with van der Waals surface area (Å²) >= 11 is 3.33. The van der Waals surface area contributed by atoms with Crippen LogP contribution >= 0.6 is 15.9 Å². The highest BCUT2D eigenvalue weighted by Gasteiger charge is 2.20. The van der Waals surface area contributed by atoms with Crippen molar-refractivity contribution in [3.05, 3.63) is 22.6 Å². The van der Waals surface area contributed by atoms with Gasteiger partial charge in [-0.15, -0.1) is 0 Å². The van der Waals surface area contributed by atoms with Crippen LogP contribution < -0.4 is 5.32 Å². The first kappa shape index (κ1) is 10.2. The largest absolute Gasteiger partial charge is 0.453 e. The second-order valence-electron chi connectivity index (χ2n) is 3.60. The fourth-order valence-corrected chi connectivity index (χ4v) is 2.12. The minimum absolute atomic E-state index is 0.378. The SMILES string of the molecule is CC(c1ccc(Br)o1)N1CCNCC1. The van der Waals surface area contributed by atoms with Crippen molar-refractivity contribution in [2.45, 2.75) is 13.0 Å². The second-order valence-corrected chi connectivity index (χ2v) is 4.39. The van der Waals surface area contributed by atoms with Gasteiger partial charge >= 0.3 is 0 Å². The van der Waals surface area contributed by atoms with Gasteiger partial charge in [-0.1, -0.05) is 0 Å². The first-order valence-electron chi connectivity index (χ1n) is 4.97. The Hall–Kier alpha value is -0.320. The number of piperazine rings is 1. The van der Waals surface area contributed by atoms with E-state index in [1.807, 2.05) is 12.1 Å². The average Bonchev–Trinajstić information content (AvgIpc) is 2.65. The van der Waals surface area contributed by atoms with Gasteiger partial charge in [0.25, 0.3) is 0 Å². The van der Waals surface area contributed by atoms with Crippen molar-refractivity contribution in [3.8, 4) is 0 Å². The summed E-state index contributed by atoms with van der Waals surface area (Å²) in [5.41, 5.74) is 0. The first-order valence-corrected chi connectivity index (χ1v) is 5.76. The van der Waals surface area contributed by atoms with Gasteiger partial charge in [-0.05, 0) is 35.0 Å². The van der Waals surface area contributed by atoms with Crippen LogP contribution in [-0.2, 0) is 0 Å². The molecule has 1 aromatic rings. The number of nitrogens with one attached hydrogen (secondary N) is 1. The van der Waals surface area contributed by atoms with E-state index in [4.69, 9.17) is 4.42 Å². The highest BCUT2D eigenvalue weighted by molar-refractivity contribution is 9.10. The van der Waals surface area contributed by atoms with Crippen LogP contribution in [-0.4, -0.2) is 31.1 Å². The molecule has 78 valence electrons. The van der Waals surface area contributed by atoms with E-state index in [2.05, 4.69) is 33.1 Å². The summed E-state index contributed by atoms with van der Waals surface area (Å²) in [5.74, 6) is 1.04. The molecule has 1 aromatic heterocycles. The molecule has 2 rings (SSSR count). The molecule has 0 radical (unpaired) electrons. The molecule has 3 nitrogen and oxygen atoms in total. The number of hydrogen-bond donors (Lipinski definition) is 1. The Balaban J connectivity index is 2.03. The Kier molecular flexibility index (Phi) is 3.26. The van der Waals surface area contributed by atoms with Crippen molar-refractivity contribution in [1.29, 1.82) is 0 Å². The van der Waals surface area contributed by atoms with Gasteiger partial charge in [-0.2, -0.15) is 0 Å². The zero-order valence-electron chi connectivity index (χ0n) is 8.29. The van der Waals surface area contributed by atoms with Gasteiger partial charge in [0.2, 0.25) is 0 Å². The maximum absolute atomic E-state index is 5.55. The zero-order chi connectivity index (χ0) is 9.97. The molecule has 1 aliphatic rings. The summed E-state index contributed by atoms with van der Waals surface area (Å²) in [7, 11) is 0. The number of halogens is 1. The van der Waals surface area contributed by atoms with Gasteiger partial charge in [0, 0.05) is 26.2 Å². The van der Waals surface area contributed by atoms with Gasteiger partial charge in [0.15, 0.2) is 4.67 Å². The molecule has 2 heterocycles. The maximum atomic E-state index is 5.55. The minimum atomic E-state index is 0.378. The molecular weight excluding hydrogens is 244 g/mol. The molecule has 0 amide bonds. The van der Waals surface area contributed by atoms with Crippen LogP contribution in [0.3, 0.4) is 0 Å². The predicted octanol–water partition coefficient (Wildman–Crippen LogP) is 2.01. The Bertz CT molecular complexity index is 294. The monoisotopic (exact) mass is 258 g/mol. The molecule has 0 spiro atoms. The summed E-state index contributed by atoms with van der Waals surface area (Å²) < 4.78 is 6.37. The summed E-state index contributed by atoms with van der Waals surface area (Å²) in [4.78, 5) is 2.43. The fourth-order valence-electron chi connectivity index (χ4n) is 1.80. The van der Waals surface area contributed by atoms with Crippen molar-refractivity contribution in [2.24, 2.45) is 0 Å². The lowest BCUT2D eigenvalue weighted by atomic mass is 10.2. The van der Waals surface area contributed by atoms with E-state index < -0.39 is 0 Å². The van der Waals surface area contributed by atoms with Crippen LogP contribution in [0.1, 0.15) is 18.7 Å². The molecular formula is C10H15BrN2O.